The number of rotatable bonds is 5. The standard InChI is InChI=1S/C13H19N3O3.ClH/c14-7-12(17)8-15-10-1-3-11(4-2-10)16-5-6-19-9-13(16)18;/h1-4,12,15,17H,5-9,14H2;1H. The topological polar surface area (TPSA) is 87.8 Å². The maximum absolute atomic E-state index is 11.7. The molecule has 1 heterocycles. The van der Waals surface area contributed by atoms with Crippen molar-refractivity contribution in [1.82, 2.24) is 0 Å². The number of aliphatic hydroxyl groups is 1. The first kappa shape index (κ1) is 16.7. The summed E-state index contributed by atoms with van der Waals surface area (Å²) in [5.41, 5.74) is 7.07. The van der Waals surface area contributed by atoms with Gasteiger partial charge in [-0.15, -0.1) is 12.4 Å². The molecular formula is C13H20ClN3O3. The third kappa shape index (κ3) is 4.35. The van der Waals surface area contributed by atoms with Gasteiger partial charge in [-0.05, 0) is 24.3 Å². The monoisotopic (exact) mass is 301 g/mol. The second kappa shape index (κ2) is 8.06. The summed E-state index contributed by atoms with van der Waals surface area (Å²) < 4.78 is 5.09. The number of ether oxygens (including phenoxy) is 1. The first-order valence-corrected chi connectivity index (χ1v) is 6.31. The van der Waals surface area contributed by atoms with E-state index in [1.54, 1.807) is 4.90 Å². The fourth-order valence-corrected chi connectivity index (χ4v) is 1.87. The summed E-state index contributed by atoms with van der Waals surface area (Å²) >= 11 is 0. The van der Waals surface area contributed by atoms with E-state index in [0.29, 0.717) is 19.7 Å². The molecule has 20 heavy (non-hydrogen) atoms. The minimum absolute atomic E-state index is 0. The van der Waals surface area contributed by atoms with Gasteiger partial charge >= 0.3 is 0 Å². The molecule has 0 radical (unpaired) electrons. The fraction of sp³-hybridized carbons (Fsp3) is 0.462. The van der Waals surface area contributed by atoms with Crippen molar-refractivity contribution in [3.8, 4) is 0 Å². The SMILES string of the molecule is Cl.NCC(O)CNc1ccc(N2CCOCC2=O)cc1. The molecule has 1 aromatic carbocycles. The third-order valence-corrected chi connectivity index (χ3v) is 2.98. The zero-order valence-electron chi connectivity index (χ0n) is 11.1. The Bertz CT molecular complexity index is 427. The Hall–Kier alpha value is -1.34. The van der Waals surface area contributed by atoms with Crippen LogP contribution < -0.4 is 16.0 Å². The van der Waals surface area contributed by atoms with Crippen molar-refractivity contribution in [3.63, 3.8) is 0 Å². The lowest BCUT2D eigenvalue weighted by Gasteiger charge is -2.27. The van der Waals surface area contributed by atoms with Crippen LogP contribution in [0.15, 0.2) is 24.3 Å². The van der Waals surface area contributed by atoms with Crippen molar-refractivity contribution in [1.29, 1.82) is 0 Å². The number of aliphatic hydroxyl groups excluding tert-OH is 1. The Kier molecular flexibility index (Phi) is 6.74. The van der Waals surface area contributed by atoms with Gasteiger partial charge in [-0.25, -0.2) is 0 Å². The third-order valence-electron chi connectivity index (χ3n) is 2.98. The van der Waals surface area contributed by atoms with Gasteiger partial charge in [-0.2, -0.15) is 0 Å². The van der Waals surface area contributed by atoms with Crippen LogP contribution in [0.1, 0.15) is 0 Å². The molecule has 0 bridgehead atoms. The van der Waals surface area contributed by atoms with E-state index in [1.807, 2.05) is 24.3 Å². The number of nitrogens with one attached hydrogen (secondary N) is 1. The maximum atomic E-state index is 11.7. The van der Waals surface area contributed by atoms with Gasteiger partial charge in [0.25, 0.3) is 5.91 Å². The molecule has 1 saturated heterocycles. The average Bonchev–Trinajstić information content (AvgIpc) is 2.46. The molecule has 6 nitrogen and oxygen atoms in total. The van der Waals surface area contributed by atoms with Crippen molar-refractivity contribution in [2.45, 2.75) is 6.10 Å². The number of nitrogens with zero attached hydrogens (tertiary/aromatic N) is 1. The highest BCUT2D eigenvalue weighted by molar-refractivity contribution is 5.94. The van der Waals surface area contributed by atoms with Crippen LogP contribution in [0.2, 0.25) is 0 Å². The van der Waals surface area contributed by atoms with Crippen LogP contribution in [-0.4, -0.2) is 50.0 Å². The molecule has 1 aromatic rings. The Balaban J connectivity index is 0.00000200. The van der Waals surface area contributed by atoms with Crippen LogP contribution in [-0.2, 0) is 9.53 Å². The van der Waals surface area contributed by atoms with Crippen molar-refractivity contribution >= 4 is 29.7 Å². The zero-order valence-corrected chi connectivity index (χ0v) is 11.9. The number of nitrogens with two attached hydrogens (primary N) is 1. The van der Waals surface area contributed by atoms with Gasteiger partial charge in [-0.3, -0.25) is 4.79 Å². The highest BCUT2D eigenvalue weighted by atomic mass is 35.5. The number of carbonyl (C=O) groups excluding carboxylic acids is 1. The Morgan fingerprint density at radius 1 is 1.40 bits per heavy atom. The van der Waals surface area contributed by atoms with Crippen LogP contribution in [0.5, 0.6) is 0 Å². The number of halogens is 1. The summed E-state index contributed by atoms with van der Waals surface area (Å²) in [5, 5.41) is 12.4. The minimum Gasteiger partial charge on any atom is -0.390 e. The lowest BCUT2D eigenvalue weighted by Crippen LogP contribution is -2.41. The molecule has 0 aromatic heterocycles. The first-order valence-electron chi connectivity index (χ1n) is 6.31. The smallest absolute Gasteiger partial charge is 0.253 e. The van der Waals surface area contributed by atoms with Crippen LogP contribution in [0, 0.1) is 0 Å². The van der Waals surface area contributed by atoms with Crippen molar-refractivity contribution in [3.05, 3.63) is 24.3 Å². The molecule has 1 amide bonds. The van der Waals surface area contributed by atoms with Gasteiger partial charge < -0.3 is 25.8 Å². The van der Waals surface area contributed by atoms with Crippen LogP contribution in [0.4, 0.5) is 11.4 Å². The molecule has 1 aliphatic rings. The number of hydrogen-bond donors (Lipinski definition) is 3. The van der Waals surface area contributed by atoms with Gasteiger partial charge in [0.2, 0.25) is 0 Å². The molecule has 0 aliphatic carbocycles. The Labute approximate surface area is 124 Å². The van der Waals surface area contributed by atoms with Gasteiger partial charge in [0.1, 0.15) is 6.61 Å². The van der Waals surface area contributed by atoms with Gasteiger partial charge in [0, 0.05) is 31.0 Å². The summed E-state index contributed by atoms with van der Waals surface area (Å²) in [6.07, 6.45) is -0.555. The molecule has 1 aliphatic heterocycles. The van der Waals surface area contributed by atoms with E-state index in [1.165, 1.54) is 0 Å². The van der Waals surface area contributed by atoms with E-state index in [0.717, 1.165) is 11.4 Å². The Morgan fingerprint density at radius 3 is 2.70 bits per heavy atom. The second-order valence-electron chi connectivity index (χ2n) is 4.42. The summed E-state index contributed by atoms with van der Waals surface area (Å²) in [4.78, 5) is 13.4. The van der Waals surface area contributed by atoms with E-state index < -0.39 is 6.10 Å². The van der Waals surface area contributed by atoms with Gasteiger partial charge in [0.05, 0.1) is 12.7 Å². The summed E-state index contributed by atoms with van der Waals surface area (Å²) in [6.45, 7) is 1.92. The van der Waals surface area contributed by atoms with Crippen molar-refractivity contribution in [2.24, 2.45) is 5.73 Å². The zero-order chi connectivity index (χ0) is 13.7. The molecular weight excluding hydrogens is 282 g/mol. The van der Waals surface area contributed by atoms with E-state index in [9.17, 15) is 9.90 Å². The molecule has 0 spiro atoms. The lowest BCUT2D eigenvalue weighted by atomic mass is 10.2. The van der Waals surface area contributed by atoms with E-state index in [4.69, 9.17) is 10.5 Å². The molecule has 4 N–H and O–H groups in total. The highest BCUT2D eigenvalue weighted by Gasteiger charge is 2.19. The van der Waals surface area contributed by atoms with Crippen LogP contribution in [0.25, 0.3) is 0 Å². The molecule has 1 atom stereocenters. The molecule has 7 heteroatoms. The number of benzene rings is 1. The summed E-state index contributed by atoms with van der Waals surface area (Å²) in [6, 6.07) is 7.50. The van der Waals surface area contributed by atoms with E-state index in [-0.39, 0.29) is 31.5 Å². The predicted octanol–water partition coefficient (Wildman–Crippen LogP) is 0.203. The number of anilines is 2. The molecule has 1 fully saturated rings. The molecule has 2 rings (SSSR count). The number of amides is 1. The fourth-order valence-electron chi connectivity index (χ4n) is 1.87. The number of morpholine rings is 1. The van der Waals surface area contributed by atoms with E-state index >= 15 is 0 Å². The normalized spacial score (nSPS) is 16.5. The van der Waals surface area contributed by atoms with E-state index in [2.05, 4.69) is 5.32 Å². The van der Waals surface area contributed by atoms with Crippen molar-refractivity contribution < 1.29 is 14.6 Å². The largest absolute Gasteiger partial charge is 0.390 e. The van der Waals surface area contributed by atoms with Gasteiger partial charge in [-0.1, -0.05) is 0 Å². The second-order valence-corrected chi connectivity index (χ2v) is 4.42. The minimum atomic E-state index is -0.555. The average molecular weight is 302 g/mol. The molecule has 1 unspecified atom stereocenters. The van der Waals surface area contributed by atoms with Crippen LogP contribution in [0.3, 0.4) is 0 Å². The number of carbonyl (C=O) groups is 1. The lowest BCUT2D eigenvalue weighted by molar-refractivity contribution is -0.125. The molecule has 0 saturated carbocycles. The summed E-state index contributed by atoms with van der Waals surface area (Å²) in [7, 11) is 0. The quantitative estimate of drug-likeness (QED) is 0.723. The predicted molar refractivity (Wildman–Crippen MR) is 80.4 cm³/mol. The highest BCUT2D eigenvalue weighted by Crippen LogP contribution is 2.19. The van der Waals surface area contributed by atoms with Crippen LogP contribution >= 0.6 is 12.4 Å². The maximum Gasteiger partial charge on any atom is 0.253 e. The molecule has 112 valence electrons. The first-order chi connectivity index (χ1) is 9.20. The summed E-state index contributed by atoms with van der Waals surface area (Å²) in [5.74, 6) is -0.0227. The Morgan fingerprint density at radius 2 is 2.10 bits per heavy atom. The number of hydrogen-bond acceptors (Lipinski definition) is 5. The van der Waals surface area contributed by atoms with Crippen molar-refractivity contribution in [2.75, 3.05) is 43.1 Å². The van der Waals surface area contributed by atoms with Gasteiger partial charge in [0.15, 0.2) is 0 Å².